The SMILES string of the molecule is Cc1cccc(C(=O)C(C)c2cccc(C)c2)c1. The molecule has 18 heavy (non-hydrogen) atoms. The molecule has 0 spiro atoms. The van der Waals surface area contributed by atoms with E-state index in [9.17, 15) is 4.79 Å². The van der Waals surface area contributed by atoms with Gasteiger partial charge in [0.15, 0.2) is 5.78 Å². The van der Waals surface area contributed by atoms with E-state index in [1.165, 1.54) is 5.56 Å². The zero-order chi connectivity index (χ0) is 13.1. The van der Waals surface area contributed by atoms with E-state index in [0.29, 0.717) is 0 Å². The van der Waals surface area contributed by atoms with Crippen molar-refractivity contribution in [3.8, 4) is 0 Å². The third kappa shape index (κ3) is 2.67. The summed E-state index contributed by atoms with van der Waals surface area (Å²) in [5.74, 6) is 0.0935. The molecule has 0 radical (unpaired) electrons. The predicted molar refractivity (Wildman–Crippen MR) is 75.1 cm³/mol. The number of benzene rings is 2. The van der Waals surface area contributed by atoms with Crippen LogP contribution in [0.1, 0.15) is 39.9 Å². The van der Waals surface area contributed by atoms with Gasteiger partial charge in [0.25, 0.3) is 0 Å². The average Bonchev–Trinajstić information content (AvgIpc) is 2.37. The van der Waals surface area contributed by atoms with Gasteiger partial charge in [-0.3, -0.25) is 4.79 Å². The monoisotopic (exact) mass is 238 g/mol. The Bertz CT molecular complexity index is 569. The number of carbonyl (C=O) groups excluding carboxylic acids is 1. The third-order valence-corrected chi connectivity index (χ3v) is 3.24. The minimum Gasteiger partial charge on any atom is -0.294 e. The quantitative estimate of drug-likeness (QED) is 0.729. The van der Waals surface area contributed by atoms with E-state index in [1.54, 1.807) is 0 Å². The lowest BCUT2D eigenvalue weighted by molar-refractivity contribution is 0.0966. The summed E-state index contributed by atoms with van der Waals surface area (Å²) in [7, 11) is 0. The molecule has 0 aliphatic rings. The van der Waals surface area contributed by atoms with E-state index in [0.717, 1.165) is 16.7 Å². The van der Waals surface area contributed by atoms with Gasteiger partial charge < -0.3 is 0 Å². The number of carbonyl (C=O) groups is 1. The van der Waals surface area contributed by atoms with Crippen LogP contribution in [-0.4, -0.2) is 5.78 Å². The molecule has 0 saturated carbocycles. The van der Waals surface area contributed by atoms with Crippen LogP contribution < -0.4 is 0 Å². The number of aryl methyl sites for hydroxylation is 2. The molecule has 0 fully saturated rings. The topological polar surface area (TPSA) is 17.1 Å². The summed E-state index contributed by atoms with van der Waals surface area (Å²) in [6.07, 6.45) is 0. The Morgan fingerprint density at radius 1 is 0.944 bits per heavy atom. The van der Waals surface area contributed by atoms with E-state index < -0.39 is 0 Å². The van der Waals surface area contributed by atoms with Gasteiger partial charge in [-0.15, -0.1) is 0 Å². The van der Waals surface area contributed by atoms with Crippen molar-refractivity contribution in [1.29, 1.82) is 0 Å². The van der Waals surface area contributed by atoms with Gasteiger partial charge >= 0.3 is 0 Å². The van der Waals surface area contributed by atoms with Gasteiger partial charge in [-0.2, -0.15) is 0 Å². The van der Waals surface area contributed by atoms with Crippen LogP contribution in [0, 0.1) is 13.8 Å². The Labute approximate surface area is 108 Å². The van der Waals surface area contributed by atoms with Crippen molar-refractivity contribution < 1.29 is 4.79 Å². The molecule has 0 saturated heterocycles. The predicted octanol–water partition coefficient (Wildman–Crippen LogP) is 4.29. The van der Waals surface area contributed by atoms with Gasteiger partial charge in [0, 0.05) is 11.5 Å². The molecule has 1 heteroatoms. The molecule has 2 rings (SSSR count). The zero-order valence-electron chi connectivity index (χ0n) is 11.1. The molecule has 2 aromatic carbocycles. The lowest BCUT2D eigenvalue weighted by Gasteiger charge is -2.12. The van der Waals surface area contributed by atoms with Crippen molar-refractivity contribution in [3.63, 3.8) is 0 Å². The van der Waals surface area contributed by atoms with E-state index >= 15 is 0 Å². The first-order valence-corrected chi connectivity index (χ1v) is 6.25. The number of hydrogen-bond donors (Lipinski definition) is 0. The highest BCUT2D eigenvalue weighted by molar-refractivity contribution is 6.00. The lowest BCUT2D eigenvalue weighted by Crippen LogP contribution is -2.09. The summed E-state index contributed by atoms with van der Waals surface area (Å²) >= 11 is 0. The molecule has 92 valence electrons. The van der Waals surface area contributed by atoms with Crippen LogP contribution in [0.4, 0.5) is 0 Å². The maximum absolute atomic E-state index is 12.4. The van der Waals surface area contributed by atoms with Crippen LogP contribution >= 0.6 is 0 Å². The van der Waals surface area contributed by atoms with Crippen LogP contribution in [-0.2, 0) is 0 Å². The average molecular weight is 238 g/mol. The number of ketones is 1. The second-order valence-electron chi connectivity index (χ2n) is 4.87. The van der Waals surface area contributed by atoms with Crippen LogP contribution in [0.3, 0.4) is 0 Å². The summed E-state index contributed by atoms with van der Waals surface area (Å²) in [6, 6.07) is 15.9. The van der Waals surface area contributed by atoms with Crippen molar-refractivity contribution in [2.24, 2.45) is 0 Å². The van der Waals surface area contributed by atoms with E-state index in [1.807, 2.05) is 63.2 Å². The molecule has 0 amide bonds. The molecule has 1 nitrogen and oxygen atoms in total. The molecule has 0 aromatic heterocycles. The number of Topliss-reactive ketones (excluding diaryl/α,β-unsaturated/α-hetero) is 1. The van der Waals surface area contributed by atoms with Crippen LogP contribution in [0.5, 0.6) is 0 Å². The Kier molecular flexibility index (Phi) is 3.61. The molecule has 1 atom stereocenters. The first-order chi connectivity index (χ1) is 8.58. The summed E-state index contributed by atoms with van der Waals surface area (Å²) in [4.78, 5) is 12.4. The lowest BCUT2D eigenvalue weighted by atomic mass is 9.91. The smallest absolute Gasteiger partial charge is 0.170 e. The third-order valence-electron chi connectivity index (χ3n) is 3.24. The molecule has 2 aromatic rings. The standard InChI is InChI=1S/C17H18O/c1-12-6-4-8-15(10-12)14(3)17(18)16-9-5-7-13(2)11-16/h4-11,14H,1-3H3. The Morgan fingerprint density at radius 2 is 1.56 bits per heavy atom. The Morgan fingerprint density at radius 3 is 2.17 bits per heavy atom. The zero-order valence-corrected chi connectivity index (χ0v) is 11.1. The van der Waals surface area contributed by atoms with Crippen molar-refractivity contribution in [3.05, 3.63) is 70.8 Å². The summed E-state index contributed by atoms with van der Waals surface area (Å²) in [5, 5.41) is 0. The van der Waals surface area contributed by atoms with E-state index in [-0.39, 0.29) is 11.7 Å². The minimum atomic E-state index is -0.0910. The van der Waals surface area contributed by atoms with E-state index in [4.69, 9.17) is 0 Å². The second-order valence-corrected chi connectivity index (χ2v) is 4.87. The number of hydrogen-bond acceptors (Lipinski definition) is 1. The molecule has 1 unspecified atom stereocenters. The Hall–Kier alpha value is -1.89. The molecule has 0 aliphatic heterocycles. The largest absolute Gasteiger partial charge is 0.294 e. The molecule has 0 aliphatic carbocycles. The molecule has 0 heterocycles. The number of rotatable bonds is 3. The first-order valence-electron chi connectivity index (χ1n) is 6.25. The fourth-order valence-corrected chi connectivity index (χ4v) is 2.14. The van der Waals surface area contributed by atoms with Crippen molar-refractivity contribution >= 4 is 5.78 Å². The van der Waals surface area contributed by atoms with E-state index in [2.05, 4.69) is 6.07 Å². The normalized spacial score (nSPS) is 12.2. The summed E-state index contributed by atoms with van der Waals surface area (Å²) in [6.45, 7) is 6.03. The highest BCUT2D eigenvalue weighted by atomic mass is 16.1. The van der Waals surface area contributed by atoms with Crippen LogP contribution in [0.2, 0.25) is 0 Å². The van der Waals surface area contributed by atoms with Crippen molar-refractivity contribution in [2.45, 2.75) is 26.7 Å². The minimum absolute atomic E-state index is 0.0910. The molecular weight excluding hydrogens is 220 g/mol. The molecule has 0 N–H and O–H groups in total. The first kappa shape index (κ1) is 12.6. The van der Waals surface area contributed by atoms with Crippen molar-refractivity contribution in [2.75, 3.05) is 0 Å². The highest BCUT2D eigenvalue weighted by Crippen LogP contribution is 2.21. The molecular formula is C17H18O. The summed E-state index contributed by atoms with van der Waals surface area (Å²) in [5.41, 5.74) is 4.19. The van der Waals surface area contributed by atoms with Gasteiger partial charge in [-0.05, 0) is 25.5 Å². The molecule has 0 bridgehead atoms. The Balaban J connectivity index is 2.29. The van der Waals surface area contributed by atoms with Gasteiger partial charge in [0.1, 0.15) is 0 Å². The second kappa shape index (κ2) is 5.18. The van der Waals surface area contributed by atoms with Gasteiger partial charge in [0.05, 0.1) is 0 Å². The maximum atomic E-state index is 12.4. The fraction of sp³-hybridized carbons (Fsp3) is 0.235. The van der Waals surface area contributed by atoms with Gasteiger partial charge in [-0.25, -0.2) is 0 Å². The van der Waals surface area contributed by atoms with Crippen LogP contribution in [0.15, 0.2) is 48.5 Å². The van der Waals surface area contributed by atoms with Crippen molar-refractivity contribution in [1.82, 2.24) is 0 Å². The summed E-state index contributed by atoms with van der Waals surface area (Å²) < 4.78 is 0. The highest BCUT2D eigenvalue weighted by Gasteiger charge is 2.17. The van der Waals surface area contributed by atoms with Gasteiger partial charge in [0.2, 0.25) is 0 Å². The fourth-order valence-electron chi connectivity index (χ4n) is 2.14. The van der Waals surface area contributed by atoms with Gasteiger partial charge in [-0.1, -0.05) is 60.5 Å². The maximum Gasteiger partial charge on any atom is 0.170 e. The van der Waals surface area contributed by atoms with Crippen LogP contribution in [0.25, 0.3) is 0 Å².